The Morgan fingerprint density at radius 1 is 1.35 bits per heavy atom. The van der Waals surface area contributed by atoms with Crippen molar-refractivity contribution in [3.63, 3.8) is 0 Å². The van der Waals surface area contributed by atoms with Gasteiger partial charge in [0.1, 0.15) is 5.76 Å². The van der Waals surface area contributed by atoms with E-state index in [1.807, 2.05) is 30.5 Å². The molecule has 0 aliphatic rings. The minimum atomic E-state index is -0.592. The Kier molecular flexibility index (Phi) is 5.50. The third-order valence-corrected chi connectivity index (χ3v) is 4.25. The fourth-order valence-corrected chi connectivity index (χ4v) is 2.72. The van der Waals surface area contributed by atoms with E-state index in [0.29, 0.717) is 5.76 Å². The summed E-state index contributed by atoms with van der Waals surface area (Å²) >= 11 is 1.60. The van der Waals surface area contributed by atoms with Crippen LogP contribution in [-0.4, -0.2) is 24.4 Å². The number of ether oxygens (including phenoxy) is 1. The van der Waals surface area contributed by atoms with Crippen LogP contribution in [-0.2, 0) is 9.53 Å². The van der Waals surface area contributed by atoms with Gasteiger partial charge in [-0.25, -0.2) is 0 Å². The van der Waals surface area contributed by atoms with Gasteiger partial charge in [-0.15, -0.1) is 11.8 Å². The Labute approximate surface area is 138 Å². The maximum absolute atomic E-state index is 11.8. The summed E-state index contributed by atoms with van der Waals surface area (Å²) in [7, 11) is 1.29. The van der Waals surface area contributed by atoms with Crippen molar-refractivity contribution in [3.8, 4) is 5.75 Å². The summed E-state index contributed by atoms with van der Waals surface area (Å²) in [6, 6.07) is 8.73. The number of rotatable bonds is 5. The van der Waals surface area contributed by atoms with Crippen LogP contribution in [0.1, 0.15) is 29.4 Å². The van der Waals surface area contributed by atoms with E-state index in [1.165, 1.54) is 13.2 Å². The van der Waals surface area contributed by atoms with E-state index in [2.05, 4.69) is 0 Å². The minimum Gasteiger partial charge on any atom is -0.502 e. The molecule has 5 nitrogen and oxygen atoms in total. The molecule has 2 rings (SSSR count). The summed E-state index contributed by atoms with van der Waals surface area (Å²) in [5.41, 5.74) is 0.233. The number of aromatic hydroxyl groups is 1. The molecule has 0 radical (unpaired) electrons. The summed E-state index contributed by atoms with van der Waals surface area (Å²) in [5.74, 6) is -1.06. The third-order valence-electron chi connectivity index (χ3n) is 3.51. The van der Waals surface area contributed by atoms with Gasteiger partial charge in [-0.05, 0) is 30.9 Å². The Balaban J connectivity index is 2.53. The second-order valence-electron chi connectivity index (χ2n) is 5.04. The summed E-state index contributed by atoms with van der Waals surface area (Å²) in [4.78, 5) is 24.6. The molecule has 23 heavy (non-hydrogen) atoms. The molecule has 1 aromatic carbocycles. The Bertz CT molecular complexity index is 749. The van der Waals surface area contributed by atoms with Gasteiger partial charge in [0.2, 0.25) is 11.2 Å². The Hall–Kier alpha value is -2.21. The second-order valence-corrected chi connectivity index (χ2v) is 5.92. The van der Waals surface area contributed by atoms with E-state index in [0.717, 1.165) is 10.5 Å². The second kappa shape index (κ2) is 7.37. The standard InChI is InChI=1S/C17H18O5S/c1-10-8-14(18)16(20)17(22-10)13(9-15(19)21-2)11-4-6-12(23-3)7-5-11/h4-8,13,20H,9H2,1-3H3/t13-/m1/s1. The lowest BCUT2D eigenvalue weighted by Crippen LogP contribution is -2.13. The normalized spacial score (nSPS) is 12.0. The average Bonchev–Trinajstić information content (AvgIpc) is 2.56. The predicted octanol–water partition coefficient (Wildman–Crippen LogP) is 3.07. The monoisotopic (exact) mass is 334 g/mol. The number of hydrogen-bond acceptors (Lipinski definition) is 6. The number of benzene rings is 1. The van der Waals surface area contributed by atoms with Crippen molar-refractivity contribution in [2.45, 2.75) is 24.2 Å². The van der Waals surface area contributed by atoms with E-state index in [-0.39, 0.29) is 12.2 Å². The molecule has 0 amide bonds. The third kappa shape index (κ3) is 3.96. The number of carbonyl (C=O) groups excluding carboxylic acids is 1. The van der Waals surface area contributed by atoms with E-state index >= 15 is 0 Å². The topological polar surface area (TPSA) is 76.7 Å². The summed E-state index contributed by atoms with van der Waals surface area (Å²) < 4.78 is 10.3. The summed E-state index contributed by atoms with van der Waals surface area (Å²) in [5, 5.41) is 10.1. The van der Waals surface area contributed by atoms with Crippen LogP contribution in [0.5, 0.6) is 5.75 Å². The van der Waals surface area contributed by atoms with Gasteiger partial charge in [0.15, 0.2) is 5.76 Å². The zero-order chi connectivity index (χ0) is 17.0. The molecular formula is C17H18O5S. The van der Waals surface area contributed by atoms with Crippen molar-refractivity contribution in [1.29, 1.82) is 0 Å². The zero-order valence-electron chi connectivity index (χ0n) is 13.2. The van der Waals surface area contributed by atoms with Crippen molar-refractivity contribution < 1.29 is 19.1 Å². The molecule has 1 atom stereocenters. The van der Waals surface area contributed by atoms with E-state index < -0.39 is 23.1 Å². The van der Waals surface area contributed by atoms with Gasteiger partial charge in [0, 0.05) is 11.0 Å². The first-order chi connectivity index (χ1) is 11.0. The highest BCUT2D eigenvalue weighted by Gasteiger charge is 2.26. The maximum atomic E-state index is 11.8. The average molecular weight is 334 g/mol. The molecule has 0 saturated heterocycles. The first-order valence-electron chi connectivity index (χ1n) is 7.00. The number of aryl methyl sites for hydroxylation is 1. The van der Waals surface area contributed by atoms with Crippen LogP contribution >= 0.6 is 11.8 Å². The first kappa shape index (κ1) is 17.1. The molecule has 0 aliphatic heterocycles. The van der Waals surface area contributed by atoms with Crippen molar-refractivity contribution in [2.75, 3.05) is 13.4 Å². The van der Waals surface area contributed by atoms with Crippen molar-refractivity contribution in [3.05, 3.63) is 57.6 Å². The van der Waals surface area contributed by atoms with Crippen LogP contribution < -0.4 is 5.43 Å². The summed E-state index contributed by atoms with van der Waals surface area (Å²) in [6.07, 6.45) is 1.93. The number of hydrogen-bond donors (Lipinski definition) is 1. The molecule has 0 bridgehead atoms. The molecular weight excluding hydrogens is 316 g/mol. The summed E-state index contributed by atoms with van der Waals surface area (Å²) in [6.45, 7) is 1.62. The number of esters is 1. The molecule has 0 saturated carbocycles. The quantitative estimate of drug-likeness (QED) is 0.669. The molecule has 2 aromatic rings. The smallest absolute Gasteiger partial charge is 0.306 e. The van der Waals surface area contributed by atoms with Gasteiger partial charge in [0.05, 0.1) is 19.4 Å². The molecule has 1 N–H and O–H groups in total. The minimum absolute atomic E-state index is 0.0327. The van der Waals surface area contributed by atoms with Gasteiger partial charge < -0.3 is 14.3 Å². The molecule has 1 heterocycles. The predicted molar refractivity (Wildman–Crippen MR) is 88.1 cm³/mol. The van der Waals surface area contributed by atoms with E-state index in [1.54, 1.807) is 18.7 Å². The van der Waals surface area contributed by atoms with Crippen LogP contribution in [0.4, 0.5) is 0 Å². The molecule has 6 heteroatoms. The SMILES string of the molecule is COC(=O)C[C@H](c1ccc(SC)cc1)c1oc(C)cc(=O)c1O. The zero-order valence-corrected chi connectivity index (χ0v) is 14.0. The highest BCUT2D eigenvalue weighted by molar-refractivity contribution is 7.98. The first-order valence-corrected chi connectivity index (χ1v) is 8.23. The van der Waals surface area contributed by atoms with Crippen molar-refractivity contribution >= 4 is 17.7 Å². The van der Waals surface area contributed by atoms with Crippen LogP contribution in [0.25, 0.3) is 0 Å². The van der Waals surface area contributed by atoms with Gasteiger partial charge >= 0.3 is 5.97 Å². The Morgan fingerprint density at radius 2 is 2.00 bits per heavy atom. The fourth-order valence-electron chi connectivity index (χ4n) is 2.31. The highest BCUT2D eigenvalue weighted by Crippen LogP contribution is 2.34. The lowest BCUT2D eigenvalue weighted by Gasteiger charge is -2.17. The van der Waals surface area contributed by atoms with Gasteiger partial charge in [-0.1, -0.05) is 12.1 Å². The van der Waals surface area contributed by atoms with Crippen LogP contribution in [0.15, 0.2) is 44.4 Å². The molecule has 0 aliphatic carbocycles. The number of thioether (sulfide) groups is 1. The van der Waals surface area contributed by atoms with E-state index in [4.69, 9.17) is 9.15 Å². The molecule has 0 fully saturated rings. The van der Waals surface area contributed by atoms with Crippen LogP contribution in [0.2, 0.25) is 0 Å². The van der Waals surface area contributed by atoms with Crippen molar-refractivity contribution in [1.82, 2.24) is 0 Å². The molecule has 0 spiro atoms. The molecule has 1 aromatic heterocycles. The lowest BCUT2D eigenvalue weighted by molar-refractivity contribution is -0.140. The van der Waals surface area contributed by atoms with Crippen LogP contribution in [0.3, 0.4) is 0 Å². The number of carbonyl (C=O) groups is 1. The van der Waals surface area contributed by atoms with Crippen molar-refractivity contribution in [2.24, 2.45) is 0 Å². The molecule has 122 valence electrons. The van der Waals surface area contributed by atoms with Crippen LogP contribution in [0, 0.1) is 6.92 Å². The van der Waals surface area contributed by atoms with Gasteiger partial charge in [0.25, 0.3) is 0 Å². The fraction of sp³-hybridized carbons (Fsp3) is 0.294. The Morgan fingerprint density at radius 3 is 2.57 bits per heavy atom. The van der Waals surface area contributed by atoms with E-state index in [9.17, 15) is 14.7 Å². The van der Waals surface area contributed by atoms with Gasteiger partial charge in [-0.3, -0.25) is 9.59 Å². The highest BCUT2D eigenvalue weighted by atomic mass is 32.2. The van der Waals surface area contributed by atoms with Gasteiger partial charge in [-0.2, -0.15) is 0 Å². The largest absolute Gasteiger partial charge is 0.502 e. The lowest BCUT2D eigenvalue weighted by atomic mass is 9.92. The maximum Gasteiger partial charge on any atom is 0.306 e. The number of methoxy groups -OCH3 is 1. The molecule has 0 unspecified atom stereocenters.